The van der Waals surface area contributed by atoms with Crippen LogP contribution in [0.15, 0.2) is 18.2 Å². The fourth-order valence-corrected chi connectivity index (χ4v) is 2.27. The van der Waals surface area contributed by atoms with Gasteiger partial charge < -0.3 is 20.1 Å². The maximum Gasteiger partial charge on any atom is 0.258 e. The van der Waals surface area contributed by atoms with Gasteiger partial charge in [0.15, 0.2) is 0 Å². The molecular formula is C14H20N2O3. The first-order valence-electron chi connectivity index (χ1n) is 6.29. The summed E-state index contributed by atoms with van der Waals surface area (Å²) in [6, 6.07) is 5.10. The second kappa shape index (κ2) is 5.09. The normalized spacial score (nSPS) is 18.2. The lowest BCUT2D eigenvalue weighted by atomic mass is 10.0. The van der Waals surface area contributed by atoms with Crippen LogP contribution in [0, 0.1) is 0 Å². The summed E-state index contributed by atoms with van der Waals surface area (Å²) in [4.78, 5) is 14.5. The zero-order valence-corrected chi connectivity index (χ0v) is 11.6. The first kappa shape index (κ1) is 13.7. The van der Waals surface area contributed by atoms with Gasteiger partial charge in [-0.1, -0.05) is 0 Å². The molecule has 5 nitrogen and oxygen atoms in total. The number of hydrogen-bond donors (Lipinski definition) is 1. The number of nitrogens with two attached hydrogens (primary N) is 1. The van der Waals surface area contributed by atoms with Crippen LogP contribution in [0.1, 0.15) is 24.2 Å². The Morgan fingerprint density at radius 2 is 2.21 bits per heavy atom. The van der Waals surface area contributed by atoms with E-state index in [1.807, 2.05) is 18.7 Å². The number of rotatable bonds is 2. The molecule has 1 aliphatic rings. The van der Waals surface area contributed by atoms with Crippen LogP contribution < -0.4 is 10.5 Å². The van der Waals surface area contributed by atoms with Gasteiger partial charge in [-0.05, 0) is 32.0 Å². The zero-order valence-electron chi connectivity index (χ0n) is 11.6. The van der Waals surface area contributed by atoms with Crippen molar-refractivity contribution in [2.75, 3.05) is 32.6 Å². The van der Waals surface area contributed by atoms with E-state index in [1.54, 1.807) is 25.3 Å². The molecule has 0 saturated carbocycles. The van der Waals surface area contributed by atoms with Gasteiger partial charge >= 0.3 is 0 Å². The van der Waals surface area contributed by atoms with Crippen LogP contribution in [0.4, 0.5) is 5.69 Å². The van der Waals surface area contributed by atoms with E-state index in [9.17, 15) is 4.79 Å². The number of hydrogen-bond acceptors (Lipinski definition) is 4. The highest BCUT2D eigenvalue weighted by molar-refractivity contribution is 5.98. The lowest BCUT2D eigenvalue weighted by molar-refractivity contribution is -0.0371. The van der Waals surface area contributed by atoms with E-state index >= 15 is 0 Å². The number of morpholine rings is 1. The van der Waals surface area contributed by atoms with Crippen molar-refractivity contribution in [2.24, 2.45) is 0 Å². The Labute approximate surface area is 113 Å². The minimum atomic E-state index is -0.328. The third kappa shape index (κ3) is 2.66. The Kier molecular flexibility index (Phi) is 3.66. The molecule has 1 aromatic carbocycles. The molecule has 19 heavy (non-hydrogen) atoms. The quantitative estimate of drug-likeness (QED) is 0.823. The molecule has 0 bridgehead atoms. The molecule has 1 saturated heterocycles. The van der Waals surface area contributed by atoms with E-state index in [0.29, 0.717) is 36.8 Å². The smallest absolute Gasteiger partial charge is 0.258 e. The number of anilines is 1. The third-order valence-corrected chi connectivity index (χ3v) is 3.34. The van der Waals surface area contributed by atoms with E-state index in [2.05, 4.69) is 0 Å². The van der Waals surface area contributed by atoms with Crippen LogP contribution in [-0.4, -0.2) is 43.2 Å². The molecule has 0 radical (unpaired) electrons. The summed E-state index contributed by atoms with van der Waals surface area (Å²) >= 11 is 0. The summed E-state index contributed by atoms with van der Waals surface area (Å²) in [5.41, 5.74) is 6.49. The maximum absolute atomic E-state index is 12.7. The molecule has 0 aromatic heterocycles. The molecular weight excluding hydrogens is 244 g/mol. The van der Waals surface area contributed by atoms with Gasteiger partial charge in [0.1, 0.15) is 5.75 Å². The van der Waals surface area contributed by atoms with E-state index in [1.165, 1.54) is 0 Å². The lowest BCUT2D eigenvalue weighted by Gasteiger charge is -2.42. The van der Waals surface area contributed by atoms with Crippen LogP contribution in [0.5, 0.6) is 5.75 Å². The standard InChI is InChI=1S/C14H20N2O3/c1-14(2)9-19-7-6-16(14)13(17)11-8-10(15)4-5-12(11)18-3/h4-5,8H,6-7,9,15H2,1-3H3. The van der Waals surface area contributed by atoms with E-state index in [-0.39, 0.29) is 11.4 Å². The summed E-state index contributed by atoms with van der Waals surface area (Å²) in [5, 5.41) is 0. The highest BCUT2D eigenvalue weighted by Crippen LogP contribution is 2.27. The number of benzene rings is 1. The van der Waals surface area contributed by atoms with Gasteiger partial charge in [-0.25, -0.2) is 0 Å². The summed E-state index contributed by atoms with van der Waals surface area (Å²) in [5.74, 6) is 0.471. The molecule has 0 atom stereocenters. The molecule has 2 rings (SSSR count). The van der Waals surface area contributed by atoms with Crippen LogP contribution >= 0.6 is 0 Å². The van der Waals surface area contributed by atoms with Gasteiger partial charge in [-0.2, -0.15) is 0 Å². The molecule has 1 aliphatic heterocycles. The summed E-state index contributed by atoms with van der Waals surface area (Å²) < 4.78 is 10.7. The van der Waals surface area contributed by atoms with Crippen LogP contribution in [0.3, 0.4) is 0 Å². The average molecular weight is 264 g/mol. The lowest BCUT2D eigenvalue weighted by Crippen LogP contribution is -2.55. The second-order valence-corrected chi connectivity index (χ2v) is 5.28. The first-order chi connectivity index (χ1) is 8.95. The van der Waals surface area contributed by atoms with Crippen LogP contribution in [0.2, 0.25) is 0 Å². The molecule has 1 amide bonds. The van der Waals surface area contributed by atoms with Crippen molar-refractivity contribution in [3.05, 3.63) is 23.8 Å². The number of methoxy groups -OCH3 is 1. The largest absolute Gasteiger partial charge is 0.496 e. The van der Waals surface area contributed by atoms with Gasteiger partial charge in [-0.15, -0.1) is 0 Å². The SMILES string of the molecule is COc1ccc(N)cc1C(=O)N1CCOCC1(C)C. The van der Waals surface area contributed by atoms with Gasteiger partial charge in [-0.3, -0.25) is 4.79 Å². The molecule has 104 valence electrons. The van der Waals surface area contributed by atoms with Gasteiger partial charge in [0.05, 0.1) is 31.4 Å². The number of nitrogens with zero attached hydrogens (tertiary/aromatic N) is 1. The fourth-order valence-electron chi connectivity index (χ4n) is 2.27. The minimum Gasteiger partial charge on any atom is -0.496 e. The van der Waals surface area contributed by atoms with Gasteiger partial charge in [0, 0.05) is 12.2 Å². The molecule has 2 N–H and O–H groups in total. The minimum absolute atomic E-state index is 0.0718. The Hall–Kier alpha value is -1.75. The Morgan fingerprint density at radius 1 is 1.47 bits per heavy atom. The highest BCUT2D eigenvalue weighted by atomic mass is 16.5. The van der Waals surface area contributed by atoms with E-state index in [0.717, 1.165) is 0 Å². The predicted octanol–water partition coefficient (Wildman–Crippen LogP) is 1.53. The predicted molar refractivity (Wildman–Crippen MR) is 73.3 cm³/mol. The molecule has 1 fully saturated rings. The van der Waals surface area contributed by atoms with Crippen LogP contribution in [-0.2, 0) is 4.74 Å². The molecule has 0 unspecified atom stereocenters. The van der Waals surface area contributed by atoms with Crippen molar-refractivity contribution in [3.8, 4) is 5.75 Å². The highest BCUT2D eigenvalue weighted by Gasteiger charge is 2.35. The van der Waals surface area contributed by atoms with Gasteiger partial charge in [0.2, 0.25) is 0 Å². The van der Waals surface area contributed by atoms with Crippen molar-refractivity contribution < 1.29 is 14.3 Å². The van der Waals surface area contributed by atoms with Crippen LogP contribution in [0.25, 0.3) is 0 Å². The van der Waals surface area contributed by atoms with E-state index < -0.39 is 0 Å². The van der Waals surface area contributed by atoms with Crippen molar-refractivity contribution in [1.82, 2.24) is 4.90 Å². The molecule has 0 aliphatic carbocycles. The topological polar surface area (TPSA) is 64.8 Å². The van der Waals surface area contributed by atoms with Crippen molar-refractivity contribution >= 4 is 11.6 Å². The van der Waals surface area contributed by atoms with Gasteiger partial charge in [0.25, 0.3) is 5.91 Å². The Bertz CT molecular complexity index is 486. The number of carbonyl (C=O) groups excluding carboxylic acids is 1. The third-order valence-electron chi connectivity index (χ3n) is 3.34. The molecule has 1 aromatic rings. The number of nitrogen functional groups attached to an aromatic ring is 1. The number of ether oxygens (including phenoxy) is 2. The fraction of sp³-hybridized carbons (Fsp3) is 0.500. The maximum atomic E-state index is 12.7. The summed E-state index contributed by atoms with van der Waals surface area (Å²) in [6.07, 6.45) is 0. The number of carbonyl (C=O) groups is 1. The summed E-state index contributed by atoms with van der Waals surface area (Å²) in [6.45, 7) is 5.64. The zero-order chi connectivity index (χ0) is 14.0. The Morgan fingerprint density at radius 3 is 2.84 bits per heavy atom. The number of amides is 1. The first-order valence-corrected chi connectivity index (χ1v) is 6.29. The van der Waals surface area contributed by atoms with Crippen molar-refractivity contribution in [2.45, 2.75) is 19.4 Å². The second-order valence-electron chi connectivity index (χ2n) is 5.28. The van der Waals surface area contributed by atoms with E-state index in [4.69, 9.17) is 15.2 Å². The average Bonchev–Trinajstić information content (AvgIpc) is 2.37. The molecule has 1 heterocycles. The summed E-state index contributed by atoms with van der Waals surface area (Å²) in [7, 11) is 1.55. The molecule has 0 spiro atoms. The monoisotopic (exact) mass is 264 g/mol. The van der Waals surface area contributed by atoms with Crippen molar-refractivity contribution in [3.63, 3.8) is 0 Å². The Balaban J connectivity index is 2.35. The van der Waals surface area contributed by atoms with Crippen molar-refractivity contribution in [1.29, 1.82) is 0 Å². The molecule has 5 heteroatoms.